The van der Waals surface area contributed by atoms with E-state index >= 15 is 0 Å². The van der Waals surface area contributed by atoms with Gasteiger partial charge in [-0.2, -0.15) is 0 Å². The van der Waals surface area contributed by atoms with Gasteiger partial charge >= 0.3 is 6.09 Å². The number of amides is 2. The Morgan fingerprint density at radius 3 is 2.54 bits per heavy atom. The normalized spacial score (nSPS) is 11.2. The molecule has 2 rings (SSSR count). The van der Waals surface area contributed by atoms with Crippen molar-refractivity contribution in [1.29, 1.82) is 0 Å². The molecule has 0 unspecified atom stereocenters. The molecule has 0 aliphatic carbocycles. The van der Waals surface area contributed by atoms with E-state index in [9.17, 15) is 9.59 Å². The Bertz CT molecular complexity index is 688. The summed E-state index contributed by atoms with van der Waals surface area (Å²) in [7, 11) is 1.55. The summed E-state index contributed by atoms with van der Waals surface area (Å²) in [4.78, 5) is 23.9. The van der Waals surface area contributed by atoms with Crippen molar-refractivity contribution >= 4 is 17.7 Å². The van der Waals surface area contributed by atoms with E-state index in [2.05, 4.69) is 10.6 Å². The first-order chi connectivity index (χ1) is 11.6. The van der Waals surface area contributed by atoms with Crippen LogP contribution in [0.15, 0.2) is 54.6 Å². The van der Waals surface area contributed by atoms with Gasteiger partial charge in [0.25, 0.3) is 0 Å². The highest BCUT2D eigenvalue weighted by atomic mass is 16.5. The fraction of sp³-hybridized carbons (Fsp3) is 0.222. The Morgan fingerprint density at radius 1 is 1.08 bits per heavy atom. The highest BCUT2D eigenvalue weighted by Crippen LogP contribution is 2.16. The van der Waals surface area contributed by atoms with Crippen molar-refractivity contribution < 1.29 is 19.1 Å². The quantitative estimate of drug-likeness (QED) is 0.855. The smallest absolute Gasteiger partial charge is 0.408 e. The number of rotatable bonds is 6. The predicted molar refractivity (Wildman–Crippen MR) is 90.8 cm³/mol. The molecular formula is C18H20N2O4. The Kier molecular flexibility index (Phi) is 6.19. The van der Waals surface area contributed by atoms with Crippen LogP contribution in [0.5, 0.6) is 5.75 Å². The molecule has 2 aromatic rings. The van der Waals surface area contributed by atoms with Gasteiger partial charge in [-0.25, -0.2) is 4.79 Å². The van der Waals surface area contributed by atoms with Gasteiger partial charge in [0.2, 0.25) is 5.91 Å². The lowest BCUT2D eigenvalue weighted by Gasteiger charge is -2.14. The van der Waals surface area contributed by atoms with Gasteiger partial charge in [0.05, 0.1) is 7.11 Å². The molecule has 0 heterocycles. The summed E-state index contributed by atoms with van der Waals surface area (Å²) in [5.74, 6) is 0.288. The first-order valence-corrected chi connectivity index (χ1v) is 7.50. The van der Waals surface area contributed by atoms with Crippen molar-refractivity contribution in [3.05, 3.63) is 60.2 Å². The number of ether oxygens (including phenoxy) is 2. The van der Waals surface area contributed by atoms with Gasteiger partial charge in [-0.05, 0) is 24.6 Å². The lowest BCUT2D eigenvalue weighted by atomic mass is 10.2. The molecule has 0 aromatic heterocycles. The Labute approximate surface area is 140 Å². The van der Waals surface area contributed by atoms with Crippen LogP contribution in [0, 0.1) is 0 Å². The molecule has 0 bridgehead atoms. The monoisotopic (exact) mass is 328 g/mol. The average molecular weight is 328 g/mol. The molecule has 126 valence electrons. The van der Waals surface area contributed by atoms with Crippen LogP contribution in [0.4, 0.5) is 10.5 Å². The molecule has 6 heteroatoms. The van der Waals surface area contributed by atoms with Gasteiger partial charge in [0.1, 0.15) is 18.4 Å². The number of hydrogen-bond donors (Lipinski definition) is 2. The molecule has 0 radical (unpaired) electrons. The van der Waals surface area contributed by atoms with Gasteiger partial charge in [0, 0.05) is 11.8 Å². The van der Waals surface area contributed by atoms with Gasteiger partial charge in [-0.3, -0.25) is 4.79 Å². The van der Waals surface area contributed by atoms with Crippen molar-refractivity contribution in [1.82, 2.24) is 5.32 Å². The van der Waals surface area contributed by atoms with Crippen LogP contribution in [-0.2, 0) is 16.1 Å². The summed E-state index contributed by atoms with van der Waals surface area (Å²) in [5.41, 5.74) is 1.46. The van der Waals surface area contributed by atoms with E-state index in [0.717, 1.165) is 5.56 Å². The second-order valence-electron chi connectivity index (χ2n) is 5.15. The van der Waals surface area contributed by atoms with E-state index < -0.39 is 12.1 Å². The van der Waals surface area contributed by atoms with Gasteiger partial charge in [0.15, 0.2) is 0 Å². The van der Waals surface area contributed by atoms with Crippen LogP contribution in [0.25, 0.3) is 0 Å². The number of nitrogens with one attached hydrogen (secondary N) is 2. The lowest BCUT2D eigenvalue weighted by Crippen LogP contribution is -2.41. The minimum atomic E-state index is -0.737. The third-order valence-electron chi connectivity index (χ3n) is 3.28. The Morgan fingerprint density at radius 2 is 1.83 bits per heavy atom. The number of benzene rings is 2. The van der Waals surface area contributed by atoms with E-state index in [0.29, 0.717) is 11.4 Å². The largest absolute Gasteiger partial charge is 0.497 e. The van der Waals surface area contributed by atoms with Crippen molar-refractivity contribution in [2.24, 2.45) is 0 Å². The molecular weight excluding hydrogens is 308 g/mol. The number of anilines is 1. The number of alkyl carbamates (subject to hydrolysis) is 1. The molecule has 0 fully saturated rings. The molecule has 2 aromatic carbocycles. The Balaban J connectivity index is 1.81. The molecule has 2 N–H and O–H groups in total. The Hall–Kier alpha value is -3.02. The zero-order valence-corrected chi connectivity index (χ0v) is 13.6. The molecule has 0 spiro atoms. The van der Waals surface area contributed by atoms with Gasteiger partial charge in [-0.15, -0.1) is 0 Å². The number of hydrogen-bond acceptors (Lipinski definition) is 4. The predicted octanol–water partition coefficient (Wildman–Crippen LogP) is 2.95. The highest BCUT2D eigenvalue weighted by Gasteiger charge is 2.16. The van der Waals surface area contributed by atoms with Crippen LogP contribution in [-0.4, -0.2) is 25.2 Å². The summed E-state index contributed by atoms with van der Waals surface area (Å²) in [6.07, 6.45) is -0.646. The summed E-state index contributed by atoms with van der Waals surface area (Å²) < 4.78 is 10.2. The van der Waals surface area contributed by atoms with Crippen molar-refractivity contribution in [3.8, 4) is 5.75 Å². The fourth-order valence-corrected chi connectivity index (χ4v) is 1.96. The topological polar surface area (TPSA) is 76.7 Å². The van der Waals surface area contributed by atoms with Crippen LogP contribution in [0.1, 0.15) is 12.5 Å². The van der Waals surface area contributed by atoms with E-state index in [1.54, 1.807) is 38.3 Å². The number of carbonyl (C=O) groups excluding carboxylic acids is 2. The van der Waals surface area contributed by atoms with Crippen LogP contribution in [0.3, 0.4) is 0 Å². The minimum Gasteiger partial charge on any atom is -0.497 e. The van der Waals surface area contributed by atoms with Gasteiger partial charge < -0.3 is 20.1 Å². The maximum Gasteiger partial charge on any atom is 0.408 e. The number of carbonyl (C=O) groups is 2. The third-order valence-corrected chi connectivity index (χ3v) is 3.28. The van der Waals surface area contributed by atoms with E-state index in [1.165, 1.54) is 0 Å². The second-order valence-corrected chi connectivity index (χ2v) is 5.15. The van der Waals surface area contributed by atoms with Gasteiger partial charge in [-0.1, -0.05) is 36.4 Å². The molecule has 0 aliphatic rings. The average Bonchev–Trinajstić information content (AvgIpc) is 2.61. The SMILES string of the molecule is COc1cccc(NC(=O)[C@H](C)NC(=O)OCc2ccccc2)c1. The van der Waals surface area contributed by atoms with Crippen LogP contribution >= 0.6 is 0 Å². The summed E-state index contributed by atoms with van der Waals surface area (Å²) >= 11 is 0. The van der Waals surface area contributed by atoms with E-state index in [4.69, 9.17) is 9.47 Å². The highest BCUT2D eigenvalue weighted by molar-refractivity contribution is 5.96. The summed E-state index contributed by atoms with van der Waals surface area (Å²) in [6, 6.07) is 15.5. The molecule has 0 saturated heterocycles. The van der Waals surface area contributed by atoms with Crippen molar-refractivity contribution in [2.45, 2.75) is 19.6 Å². The van der Waals surface area contributed by atoms with E-state index in [1.807, 2.05) is 30.3 Å². The summed E-state index contributed by atoms with van der Waals surface area (Å²) in [5, 5.41) is 5.20. The van der Waals surface area contributed by atoms with Crippen molar-refractivity contribution in [2.75, 3.05) is 12.4 Å². The number of methoxy groups -OCH3 is 1. The first-order valence-electron chi connectivity index (χ1n) is 7.50. The van der Waals surface area contributed by atoms with Crippen molar-refractivity contribution in [3.63, 3.8) is 0 Å². The minimum absolute atomic E-state index is 0.150. The molecule has 24 heavy (non-hydrogen) atoms. The van der Waals surface area contributed by atoms with E-state index in [-0.39, 0.29) is 12.5 Å². The summed E-state index contributed by atoms with van der Waals surface area (Å²) in [6.45, 7) is 1.73. The molecule has 0 aliphatic heterocycles. The zero-order valence-electron chi connectivity index (χ0n) is 13.6. The molecule has 1 atom stereocenters. The first kappa shape index (κ1) is 17.3. The lowest BCUT2D eigenvalue weighted by molar-refractivity contribution is -0.117. The van der Waals surface area contributed by atoms with Crippen LogP contribution in [0.2, 0.25) is 0 Å². The standard InChI is InChI=1S/C18H20N2O4/c1-13(17(21)20-15-9-6-10-16(11-15)23-2)19-18(22)24-12-14-7-4-3-5-8-14/h3-11,13H,12H2,1-2H3,(H,19,22)(H,20,21)/t13-/m0/s1. The second kappa shape index (κ2) is 8.57. The van der Waals surface area contributed by atoms with Crippen LogP contribution < -0.4 is 15.4 Å². The molecule has 0 saturated carbocycles. The molecule has 2 amide bonds. The third kappa shape index (κ3) is 5.31. The fourth-order valence-electron chi connectivity index (χ4n) is 1.96. The molecule has 6 nitrogen and oxygen atoms in total. The zero-order chi connectivity index (χ0) is 17.4. The maximum atomic E-state index is 12.1. The maximum absolute atomic E-state index is 12.1.